The van der Waals surface area contributed by atoms with Gasteiger partial charge in [0.2, 0.25) is 5.16 Å². The summed E-state index contributed by atoms with van der Waals surface area (Å²) in [6.07, 6.45) is 1.02. The van der Waals surface area contributed by atoms with Crippen LogP contribution in [-0.4, -0.2) is 32.5 Å². The van der Waals surface area contributed by atoms with Gasteiger partial charge in [0.15, 0.2) is 0 Å². The topological polar surface area (TPSA) is 55.6 Å². The van der Waals surface area contributed by atoms with Gasteiger partial charge in [-0.3, -0.25) is 0 Å². The minimum absolute atomic E-state index is 0. The zero-order valence-electron chi connectivity index (χ0n) is 13.5. The lowest BCUT2D eigenvalue weighted by molar-refractivity contribution is 0.678. The summed E-state index contributed by atoms with van der Waals surface area (Å²) >= 11 is 7.80. The van der Waals surface area contributed by atoms with Gasteiger partial charge in [-0.2, -0.15) is 4.68 Å². The van der Waals surface area contributed by atoms with Crippen LogP contribution < -0.4 is 5.32 Å². The third kappa shape index (κ3) is 5.71. The molecule has 132 valence electrons. The van der Waals surface area contributed by atoms with E-state index in [0.717, 1.165) is 46.7 Å². The van der Waals surface area contributed by atoms with Crippen molar-refractivity contribution in [3.8, 4) is 5.69 Å². The molecule has 8 heteroatoms. The lowest BCUT2D eigenvalue weighted by Gasteiger charge is -2.07. The number of nitrogens with zero attached hydrogens (tertiary/aromatic N) is 4. The first kappa shape index (κ1) is 19.7. The van der Waals surface area contributed by atoms with E-state index in [4.69, 9.17) is 11.6 Å². The van der Waals surface area contributed by atoms with Crippen LogP contribution in [0.25, 0.3) is 5.69 Å². The standard InChI is InChI=1S/C17H18ClN5S.ClH/c18-16-10-5-4-7-14(16)13-19-11-6-12-24-17-20-21-22-23(17)15-8-2-1-3-9-15;/h1-5,7-10,19H,6,11-13H2;1H. The van der Waals surface area contributed by atoms with Gasteiger partial charge < -0.3 is 5.32 Å². The molecule has 0 fully saturated rings. The molecule has 0 spiro atoms. The minimum atomic E-state index is 0. The van der Waals surface area contributed by atoms with Crippen molar-refractivity contribution in [2.45, 2.75) is 18.1 Å². The molecule has 1 heterocycles. The summed E-state index contributed by atoms with van der Waals surface area (Å²) in [7, 11) is 0. The number of hydrogen-bond donors (Lipinski definition) is 1. The lowest BCUT2D eigenvalue weighted by atomic mass is 10.2. The van der Waals surface area contributed by atoms with Crippen LogP contribution in [0.4, 0.5) is 0 Å². The van der Waals surface area contributed by atoms with Crippen LogP contribution in [0, 0.1) is 0 Å². The highest BCUT2D eigenvalue weighted by Gasteiger charge is 2.08. The largest absolute Gasteiger partial charge is 0.313 e. The summed E-state index contributed by atoms with van der Waals surface area (Å²) in [5, 5.41) is 17.0. The van der Waals surface area contributed by atoms with Crippen LogP contribution in [0.3, 0.4) is 0 Å². The van der Waals surface area contributed by atoms with E-state index in [1.165, 1.54) is 0 Å². The quantitative estimate of drug-likeness (QED) is 0.461. The molecular weight excluding hydrogens is 377 g/mol. The Morgan fingerprint density at radius 3 is 2.60 bits per heavy atom. The predicted octanol–water partition coefficient (Wildman–Crippen LogP) is 4.01. The summed E-state index contributed by atoms with van der Waals surface area (Å²) in [5.41, 5.74) is 2.10. The van der Waals surface area contributed by atoms with E-state index >= 15 is 0 Å². The maximum absolute atomic E-state index is 6.14. The molecule has 0 radical (unpaired) electrons. The third-order valence-electron chi connectivity index (χ3n) is 3.44. The molecular formula is C17H19Cl2N5S. The molecule has 2 aromatic carbocycles. The summed E-state index contributed by atoms with van der Waals surface area (Å²) in [6, 6.07) is 17.8. The second-order valence-corrected chi connectivity index (χ2v) is 6.65. The second kappa shape index (κ2) is 10.4. The van der Waals surface area contributed by atoms with Gasteiger partial charge in [0.05, 0.1) is 5.69 Å². The Morgan fingerprint density at radius 1 is 1.04 bits per heavy atom. The SMILES string of the molecule is Cl.Clc1ccccc1CNCCCSc1nnnn1-c1ccccc1. The van der Waals surface area contributed by atoms with Crippen molar-refractivity contribution < 1.29 is 0 Å². The number of benzene rings is 2. The van der Waals surface area contributed by atoms with Crippen molar-refractivity contribution >= 4 is 35.8 Å². The van der Waals surface area contributed by atoms with Gasteiger partial charge in [0, 0.05) is 17.3 Å². The summed E-state index contributed by atoms with van der Waals surface area (Å²) in [4.78, 5) is 0. The van der Waals surface area contributed by atoms with Gasteiger partial charge in [-0.1, -0.05) is 59.8 Å². The highest BCUT2D eigenvalue weighted by molar-refractivity contribution is 7.99. The third-order valence-corrected chi connectivity index (χ3v) is 4.82. The van der Waals surface area contributed by atoms with E-state index < -0.39 is 0 Å². The molecule has 5 nitrogen and oxygen atoms in total. The zero-order valence-corrected chi connectivity index (χ0v) is 15.9. The first-order valence-corrected chi connectivity index (χ1v) is 9.11. The molecule has 25 heavy (non-hydrogen) atoms. The van der Waals surface area contributed by atoms with Crippen molar-refractivity contribution in [1.29, 1.82) is 0 Å². The monoisotopic (exact) mass is 395 g/mol. The van der Waals surface area contributed by atoms with Crippen molar-refractivity contribution in [2.24, 2.45) is 0 Å². The average molecular weight is 396 g/mol. The fourth-order valence-corrected chi connectivity index (χ4v) is 3.26. The van der Waals surface area contributed by atoms with Gasteiger partial charge in [-0.15, -0.1) is 17.5 Å². The average Bonchev–Trinajstić information content (AvgIpc) is 3.09. The van der Waals surface area contributed by atoms with Crippen molar-refractivity contribution in [2.75, 3.05) is 12.3 Å². The van der Waals surface area contributed by atoms with Gasteiger partial charge in [0.1, 0.15) is 0 Å². The number of aromatic nitrogens is 4. The van der Waals surface area contributed by atoms with Gasteiger partial charge in [-0.25, -0.2) is 0 Å². The van der Waals surface area contributed by atoms with Crippen molar-refractivity contribution in [3.63, 3.8) is 0 Å². The van der Waals surface area contributed by atoms with Crippen LogP contribution in [0.2, 0.25) is 5.02 Å². The fraction of sp³-hybridized carbons (Fsp3) is 0.235. The molecule has 0 saturated heterocycles. The molecule has 3 rings (SSSR count). The van der Waals surface area contributed by atoms with Gasteiger partial charge in [0.25, 0.3) is 0 Å². The van der Waals surface area contributed by atoms with Crippen molar-refractivity contribution in [1.82, 2.24) is 25.5 Å². The van der Waals surface area contributed by atoms with E-state index in [1.54, 1.807) is 16.4 Å². The van der Waals surface area contributed by atoms with Crippen LogP contribution in [0.15, 0.2) is 59.8 Å². The Balaban J connectivity index is 0.00000225. The Hall–Kier alpha value is -1.60. The first-order valence-electron chi connectivity index (χ1n) is 7.75. The molecule has 1 aromatic heterocycles. The molecule has 0 aliphatic rings. The van der Waals surface area contributed by atoms with Crippen LogP contribution >= 0.6 is 35.8 Å². The minimum Gasteiger partial charge on any atom is -0.313 e. The Bertz CT molecular complexity index is 766. The number of nitrogens with one attached hydrogen (secondary N) is 1. The number of hydrogen-bond acceptors (Lipinski definition) is 5. The first-order chi connectivity index (χ1) is 11.8. The van der Waals surface area contributed by atoms with Crippen molar-refractivity contribution in [3.05, 3.63) is 65.2 Å². The number of tetrazole rings is 1. The molecule has 0 aliphatic carbocycles. The second-order valence-electron chi connectivity index (χ2n) is 5.18. The summed E-state index contributed by atoms with van der Waals surface area (Å²) < 4.78 is 1.77. The van der Waals surface area contributed by atoms with Crippen LogP contribution in [0.5, 0.6) is 0 Å². The molecule has 0 amide bonds. The van der Waals surface area contributed by atoms with Gasteiger partial charge in [-0.05, 0) is 47.2 Å². The Kier molecular flexibility index (Phi) is 8.21. The maximum atomic E-state index is 6.14. The highest BCUT2D eigenvalue weighted by Crippen LogP contribution is 2.18. The number of thioether (sulfide) groups is 1. The van der Waals surface area contributed by atoms with Crippen LogP contribution in [-0.2, 0) is 6.54 Å². The highest BCUT2D eigenvalue weighted by atomic mass is 35.5. The van der Waals surface area contributed by atoms with E-state index in [1.807, 2.05) is 54.6 Å². The number of para-hydroxylation sites is 1. The zero-order chi connectivity index (χ0) is 16.6. The van der Waals surface area contributed by atoms with E-state index in [0.29, 0.717) is 0 Å². The molecule has 0 atom stereocenters. The smallest absolute Gasteiger partial charge is 0.214 e. The predicted molar refractivity (Wildman–Crippen MR) is 105 cm³/mol. The van der Waals surface area contributed by atoms with E-state index in [9.17, 15) is 0 Å². The van der Waals surface area contributed by atoms with Crippen LogP contribution in [0.1, 0.15) is 12.0 Å². The lowest BCUT2D eigenvalue weighted by Crippen LogP contribution is -2.15. The molecule has 0 bridgehead atoms. The number of rotatable bonds is 8. The maximum Gasteiger partial charge on any atom is 0.214 e. The van der Waals surface area contributed by atoms with Gasteiger partial charge >= 0.3 is 0 Å². The molecule has 3 aromatic rings. The summed E-state index contributed by atoms with van der Waals surface area (Å²) in [5.74, 6) is 0.947. The molecule has 1 N–H and O–H groups in total. The normalized spacial score (nSPS) is 10.4. The molecule has 0 aliphatic heterocycles. The fourth-order valence-electron chi connectivity index (χ4n) is 2.23. The number of halogens is 2. The molecule has 0 unspecified atom stereocenters. The van der Waals surface area contributed by atoms with E-state index in [-0.39, 0.29) is 12.4 Å². The summed E-state index contributed by atoms with van der Waals surface area (Å²) in [6.45, 7) is 1.71. The molecule has 0 saturated carbocycles. The Labute approximate surface area is 162 Å². The van der Waals surface area contributed by atoms with E-state index in [2.05, 4.69) is 20.8 Å². The Morgan fingerprint density at radius 2 is 1.80 bits per heavy atom.